The predicted molar refractivity (Wildman–Crippen MR) is 94.7 cm³/mol. The molecule has 2 aliphatic heterocycles. The van der Waals surface area contributed by atoms with Crippen LogP contribution in [0, 0.1) is 5.92 Å². The maximum Gasteiger partial charge on any atom is 0.321 e. The van der Waals surface area contributed by atoms with Gasteiger partial charge in [0.1, 0.15) is 0 Å². The molecular weight excluding hydrogens is 320 g/mol. The average Bonchev–Trinajstić information content (AvgIpc) is 2.80. The Labute approximate surface area is 147 Å². The third-order valence-corrected chi connectivity index (χ3v) is 4.56. The predicted octanol–water partition coefficient (Wildman–Crippen LogP) is 1.72. The molecular formula is C18H24N4O3. The van der Waals surface area contributed by atoms with Crippen molar-refractivity contribution in [2.75, 3.05) is 45.1 Å². The van der Waals surface area contributed by atoms with Crippen LogP contribution >= 0.6 is 0 Å². The molecule has 0 saturated carbocycles. The molecule has 0 spiro atoms. The van der Waals surface area contributed by atoms with Gasteiger partial charge in [-0.05, 0) is 31.2 Å². The van der Waals surface area contributed by atoms with E-state index < -0.39 is 0 Å². The van der Waals surface area contributed by atoms with Gasteiger partial charge in [-0.15, -0.1) is 0 Å². The van der Waals surface area contributed by atoms with Crippen molar-refractivity contribution in [2.24, 2.45) is 5.92 Å². The van der Waals surface area contributed by atoms with E-state index in [0.29, 0.717) is 36.4 Å². The second-order valence-corrected chi connectivity index (χ2v) is 7.10. The molecule has 0 unspecified atom stereocenters. The second kappa shape index (κ2) is 6.84. The highest BCUT2D eigenvalue weighted by Gasteiger charge is 2.36. The third-order valence-electron chi connectivity index (χ3n) is 4.56. The van der Waals surface area contributed by atoms with Crippen LogP contribution in [0.4, 0.5) is 10.5 Å². The molecule has 7 heteroatoms. The number of amides is 4. The van der Waals surface area contributed by atoms with Gasteiger partial charge in [0, 0.05) is 38.4 Å². The number of hydrogen-bond donors (Lipinski definition) is 1. The quantitative estimate of drug-likeness (QED) is 0.848. The number of nitrogens with zero attached hydrogens (tertiary/aromatic N) is 3. The lowest BCUT2D eigenvalue weighted by Gasteiger charge is -2.32. The number of hydrogen-bond acceptors (Lipinski definition) is 4. The van der Waals surface area contributed by atoms with Gasteiger partial charge in [-0.3, -0.25) is 14.5 Å². The van der Waals surface area contributed by atoms with E-state index >= 15 is 0 Å². The zero-order valence-corrected chi connectivity index (χ0v) is 14.9. The number of urea groups is 1. The number of carbonyl (C=O) groups is 3. The summed E-state index contributed by atoms with van der Waals surface area (Å²) in [6.45, 7) is 7.36. The molecule has 1 aromatic rings. The van der Waals surface area contributed by atoms with Gasteiger partial charge >= 0.3 is 6.03 Å². The molecule has 0 aromatic heterocycles. The van der Waals surface area contributed by atoms with Crippen molar-refractivity contribution >= 4 is 23.5 Å². The first kappa shape index (κ1) is 17.4. The number of fused-ring (bicyclic) bond motifs is 1. The van der Waals surface area contributed by atoms with E-state index in [9.17, 15) is 14.4 Å². The van der Waals surface area contributed by atoms with E-state index in [2.05, 4.69) is 10.2 Å². The third kappa shape index (κ3) is 3.51. The maximum absolute atomic E-state index is 12.5. The van der Waals surface area contributed by atoms with E-state index in [0.717, 1.165) is 13.1 Å². The molecule has 1 fully saturated rings. The van der Waals surface area contributed by atoms with Gasteiger partial charge in [-0.25, -0.2) is 4.79 Å². The molecule has 1 saturated heterocycles. The maximum atomic E-state index is 12.5. The molecule has 2 heterocycles. The Balaban J connectivity index is 1.72. The molecule has 1 aromatic carbocycles. The summed E-state index contributed by atoms with van der Waals surface area (Å²) in [7, 11) is 2.03. The summed E-state index contributed by atoms with van der Waals surface area (Å²) in [4.78, 5) is 42.4. The van der Waals surface area contributed by atoms with Gasteiger partial charge in [-0.1, -0.05) is 13.8 Å². The van der Waals surface area contributed by atoms with Crippen LogP contribution in [0.15, 0.2) is 18.2 Å². The summed E-state index contributed by atoms with van der Waals surface area (Å²) in [5.41, 5.74) is 1.31. The fourth-order valence-electron chi connectivity index (χ4n) is 3.11. The van der Waals surface area contributed by atoms with E-state index in [1.807, 2.05) is 20.9 Å². The first-order valence-corrected chi connectivity index (χ1v) is 8.61. The van der Waals surface area contributed by atoms with Crippen LogP contribution in [-0.2, 0) is 0 Å². The van der Waals surface area contributed by atoms with Gasteiger partial charge in [0.25, 0.3) is 11.8 Å². The highest BCUT2D eigenvalue weighted by molar-refractivity contribution is 6.21. The SMILES string of the molecule is CC(C)CN1C(=O)c2ccc(NC(=O)N3CCN(C)CC3)cc2C1=O. The molecule has 0 atom stereocenters. The van der Waals surface area contributed by atoms with Crippen LogP contribution in [0.25, 0.3) is 0 Å². The van der Waals surface area contributed by atoms with Crippen molar-refractivity contribution in [1.29, 1.82) is 0 Å². The summed E-state index contributed by atoms with van der Waals surface area (Å²) in [6.07, 6.45) is 0. The van der Waals surface area contributed by atoms with Gasteiger partial charge in [0.05, 0.1) is 11.1 Å². The van der Waals surface area contributed by atoms with Crippen LogP contribution in [0.2, 0.25) is 0 Å². The van der Waals surface area contributed by atoms with Gasteiger partial charge in [0.15, 0.2) is 0 Å². The molecule has 0 bridgehead atoms. The summed E-state index contributed by atoms with van der Waals surface area (Å²) in [6, 6.07) is 4.72. The number of carbonyl (C=O) groups excluding carboxylic acids is 3. The van der Waals surface area contributed by atoms with Crippen LogP contribution < -0.4 is 5.32 Å². The standard InChI is InChI=1S/C18H24N4O3/c1-12(2)11-22-16(23)14-5-4-13(10-15(14)17(22)24)19-18(25)21-8-6-20(3)7-9-21/h4-5,10,12H,6-9,11H2,1-3H3,(H,19,25). The van der Waals surface area contributed by atoms with Crippen molar-refractivity contribution in [3.05, 3.63) is 29.3 Å². The van der Waals surface area contributed by atoms with Gasteiger partial charge < -0.3 is 15.1 Å². The molecule has 0 radical (unpaired) electrons. The number of benzene rings is 1. The molecule has 25 heavy (non-hydrogen) atoms. The lowest BCUT2D eigenvalue weighted by atomic mass is 10.1. The van der Waals surface area contributed by atoms with Crippen molar-refractivity contribution in [1.82, 2.24) is 14.7 Å². The minimum Gasteiger partial charge on any atom is -0.322 e. The number of likely N-dealkylation sites (N-methyl/N-ethyl adjacent to an activating group) is 1. The highest BCUT2D eigenvalue weighted by Crippen LogP contribution is 2.26. The minimum atomic E-state index is -0.288. The first-order chi connectivity index (χ1) is 11.9. The minimum absolute atomic E-state index is 0.177. The first-order valence-electron chi connectivity index (χ1n) is 8.61. The number of anilines is 1. The fourth-order valence-corrected chi connectivity index (χ4v) is 3.11. The Kier molecular flexibility index (Phi) is 4.76. The topological polar surface area (TPSA) is 73.0 Å². The van der Waals surface area contributed by atoms with E-state index in [-0.39, 0.29) is 23.8 Å². The lowest BCUT2D eigenvalue weighted by molar-refractivity contribution is 0.0636. The highest BCUT2D eigenvalue weighted by atomic mass is 16.2. The molecule has 2 aliphatic rings. The Hall–Kier alpha value is -2.41. The molecule has 1 N–H and O–H groups in total. The monoisotopic (exact) mass is 344 g/mol. The molecule has 4 amide bonds. The zero-order chi connectivity index (χ0) is 18.1. The largest absolute Gasteiger partial charge is 0.322 e. The molecule has 7 nitrogen and oxygen atoms in total. The lowest BCUT2D eigenvalue weighted by Crippen LogP contribution is -2.48. The van der Waals surface area contributed by atoms with E-state index in [1.165, 1.54) is 4.90 Å². The molecule has 0 aliphatic carbocycles. The molecule has 134 valence electrons. The molecule has 3 rings (SSSR count). The van der Waals surface area contributed by atoms with Crippen LogP contribution in [0.5, 0.6) is 0 Å². The van der Waals surface area contributed by atoms with Crippen molar-refractivity contribution < 1.29 is 14.4 Å². The second-order valence-electron chi connectivity index (χ2n) is 7.10. The van der Waals surface area contributed by atoms with E-state index in [4.69, 9.17) is 0 Å². The van der Waals surface area contributed by atoms with E-state index in [1.54, 1.807) is 23.1 Å². The van der Waals surface area contributed by atoms with Crippen LogP contribution in [-0.4, -0.2) is 72.3 Å². The fraction of sp³-hybridized carbons (Fsp3) is 0.500. The number of piperazine rings is 1. The summed E-state index contributed by atoms with van der Waals surface area (Å²) < 4.78 is 0. The summed E-state index contributed by atoms with van der Waals surface area (Å²) >= 11 is 0. The normalized spacial score (nSPS) is 18.1. The number of rotatable bonds is 3. The van der Waals surface area contributed by atoms with Crippen LogP contribution in [0.3, 0.4) is 0 Å². The Bertz CT molecular complexity index is 708. The Morgan fingerprint density at radius 3 is 2.36 bits per heavy atom. The van der Waals surface area contributed by atoms with Crippen molar-refractivity contribution in [2.45, 2.75) is 13.8 Å². The van der Waals surface area contributed by atoms with Crippen molar-refractivity contribution in [3.63, 3.8) is 0 Å². The van der Waals surface area contributed by atoms with Crippen molar-refractivity contribution in [3.8, 4) is 0 Å². The smallest absolute Gasteiger partial charge is 0.321 e. The van der Waals surface area contributed by atoms with Gasteiger partial charge in [-0.2, -0.15) is 0 Å². The Morgan fingerprint density at radius 2 is 1.72 bits per heavy atom. The van der Waals surface area contributed by atoms with Crippen LogP contribution in [0.1, 0.15) is 34.6 Å². The summed E-state index contributed by atoms with van der Waals surface area (Å²) in [5, 5.41) is 2.83. The zero-order valence-electron chi connectivity index (χ0n) is 14.9. The number of imide groups is 1. The van der Waals surface area contributed by atoms with Gasteiger partial charge in [0.2, 0.25) is 0 Å². The summed E-state index contributed by atoms with van der Waals surface area (Å²) in [5.74, 6) is -0.339. The average molecular weight is 344 g/mol. The number of nitrogens with one attached hydrogen (secondary N) is 1. The Morgan fingerprint density at radius 1 is 1.08 bits per heavy atom.